The second-order valence-corrected chi connectivity index (χ2v) is 9.29. The monoisotopic (exact) mass is 446 g/mol. The minimum Gasteiger partial charge on any atom is -0.508 e. The van der Waals surface area contributed by atoms with E-state index in [2.05, 4.69) is 0 Å². The van der Waals surface area contributed by atoms with Crippen LogP contribution in [0.5, 0.6) is 5.75 Å². The van der Waals surface area contributed by atoms with E-state index in [1.165, 1.54) is 30.0 Å². The van der Waals surface area contributed by atoms with E-state index in [9.17, 15) is 39.9 Å². The average molecular weight is 446 g/mol. The Balaban J connectivity index is 2.02. The molecular weight excluding hydrogens is 420 g/mol. The molecule has 1 amide bonds. The highest BCUT2D eigenvalue weighted by Gasteiger charge is 2.67. The molecule has 1 aromatic carbocycles. The van der Waals surface area contributed by atoms with Crippen LogP contribution in [0.4, 0.5) is 0 Å². The molecule has 172 valence electrons. The predicted molar refractivity (Wildman–Crippen MR) is 109 cm³/mol. The molecule has 3 aliphatic carbocycles. The maximum absolute atomic E-state index is 13.3. The zero-order chi connectivity index (χ0) is 23.9. The van der Waals surface area contributed by atoms with Crippen molar-refractivity contribution in [3.05, 3.63) is 40.7 Å². The van der Waals surface area contributed by atoms with Crippen molar-refractivity contribution in [2.24, 2.45) is 23.5 Å². The molecule has 0 radical (unpaired) electrons. The number of nitrogens with two attached hydrogens (primary N) is 1. The van der Waals surface area contributed by atoms with Gasteiger partial charge in [-0.05, 0) is 39.1 Å². The first kappa shape index (κ1) is 22.4. The number of aromatic hydroxyl groups is 1. The number of phenolic OH excluding ortho intramolecular Hbond substituents is 1. The Morgan fingerprint density at radius 1 is 1.19 bits per heavy atom. The molecule has 0 aromatic heterocycles. The fourth-order valence-corrected chi connectivity index (χ4v) is 5.86. The maximum atomic E-state index is 13.3. The number of benzene rings is 1. The zero-order valence-corrected chi connectivity index (χ0v) is 17.8. The number of hydrogen-bond donors (Lipinski definition) is 6. The van der Waals surface area contributed by atoms with E-state index in [-0.39, 0.29) is 17.5 Å². The number of primary amides is 1. The van der Waals surface area contributed by atoms with E-state index < -0.39 is 75.7 Å². The summed E-state index contributed by atoms with van der Waals surface area (Å²) >= 11 is 0. The van der Waals surface area contributed by atoms with Crippen LogP contribution in [0.3, 0.4) is 0 Å². The van der Waals surface area contributed by atoms with Crippen molar-refractivity contribution in [1.82, 2.24) is 4.90 Å². The Hall–Kier alpha value is -2.79. The Bertz CT molecular complexity index is 1080. The second-order valence-electron chi connectivity index (χ2n) is 9.29. The molecule has 0 aliphatic heterocycles. The predicted octanol–water partition coefficient (Wildman–Crippen LogP) is -1.05. The van der Waals surface area contributed by atoms with E-state index in [1.54, 1.807) is 14.1 Å². The smallest absolute Gasteiger partial charge is 0.230 e. The summed E-state index contributed by atoms with van der Waals surface area (Å²) in [7, 11) is 3.13. The van der Waals surface area contributed by atoms with Gasteiger partial charge in [-0.2, -0.15) is 0 Å². The third kappa shape index (κ3) is 2.57. The number of hydrogen-bond acceptors (Lipinski definition) is 9. The number of carbonyl (C=O) groups excluding carboxylic acids is 3. The molecular formula is C22H26N2O8. The Labute approximate surface area is 183 Å². The number of Topliss-reactive ketones (excluding diaryl/α,β-unsaturated/α-hetero) is 2. The van der Waals surface area contributed by atoms with Crippen LogP contribution in [0.1, 0.15) is 29.3 Å². The molecule has 32 heavy (non-hydrogen) atoms. The quantitative estimate of drug-likeness (QED) is 0.309. The van der Waals surface area contributed by atoms with E-state index >= 15 is 0 Å². The summed E-state index contributed by atoms with van der Waals surface area (Å²) in [5.41, 5.74) is 0.394. The van der Waals surface area contributed by atoms with Crippen LogP contribution in [-0.4, -0.2) is 79.7 Å². The highest BCUT2D eigenvalue weighted by molar-refractivity contribution is 6.15. The summed E-state index contributed by atoms with van der Waals surface area (Å²) in [6.45, 7) is 1.41. The Kier molecular flexibility index (Phi) is 4.80. The number of carbonyl (C=O) groups is 3. The van der Waals surface area contributed by atoms with Crippen molar-refractivity contribution in [3.63, 3.8) is 0 Å². The molecule has 10 nitrogen and oxygen atoms in total. The number of rotatable bonds is 2. The largest absolute Gasteiger partial charge is 0.508 e. The summed E-state index contributed by atoms with van der Waals surface area (Å²) in [5.74, 6) is -8.67. The number of ketones is 2. The summed E-state index contributed by atoms with van der Waals surface area (Å²) in [6, 6.07) is 3.20. The van der Waals surface area contributed by atoms with Crippen LogP contribution in [0, 0.1) is 17.8 Å². The molecule has 0 heterocycles. The molecule has 3 aliphatic rings. The fourth-order valence-electron chi connectivity index (χ4n) is 5.86. The first-order valence-electron chi connectivity index (χ1n) is 10.2. The van der Waals surface area contributed by atoms with Gasteiger partial charge in [0.05, 0.1) is 17.3 Å². The summed E-state index contributed by atoms with van der Waals surface area (Å²) < 4.78 is 0. The molecule has 0 bridgehead atoms. The van der Waals surface area contributed by atoms with Crippen LogP contribution in [0.25, 0.3) is 0 Å². The van der Waals surface area contributed by atoms with E-state index in [0.717, 1.165) is 0 Å². The number of aliphatic hydroxyl groups is 4. The van der Waals surface area contributed by atoms with Gasteiger partial charge in [-0.15, -0.1) is 0 Å². The Morgan fingerprint density at radius 3 is 2.38 bits per heavy atom. The lowest BCUT2D eigenvalue weighted by molar-refractivity contribution is -0.182. The number of amides is 1. The molecule has 7 unspecified atom stereocenters. The van der Waals surface area contributed by atoms with Crippen LogP contribution in [0.2, 0.25) is 0 Å². The fraction of sp³-hybridized carbons (Fsp3) is 0.500. The van der Waals surface area contributed by atoms with E-state index in [4.69, 9.17) is 5.73 Å². The number of phenols is 1. The van der Waals surface area contributed by atoms with Crippen molar-refractivity contribution >= 4 is 17.5 Å². The van der Waals surface area contributed by atoms with Crippen molar-refractivity contribution < 1.29 is 39.9 Å². The zero-order valence-electron chi connectivity index (χ0n) is 17.8. The first-order valence-corrected chi connectivity index (χ1v) is 10.2. The topological polar surface area (TPSA) is 182 Å². The van der Waals surface area contributed by atoms with Crippen LogP contribution in [0.15, 0.2) is 29.5 Å². The molecule has 1 saturated carbocycles. The van der Waals surface area contributed by atoms with Gasteiger partial charge in [-0.3, -0.25) is 14.4 Å². The molecule has 7 N–H and O–H groups in total. The molecule has 0 saturated heterocycles. The van der Waals surface area contributed by atoms with Crippen molar-refractivity contribution in [2.45, 2.75) is 36.7 Å². The normalized spacial score (nSPS) is 38.9. The van der Waals surface area contributed by atoms with Crippen LogP contribution in [-0.2, 0) is 15.2 Å². The highest BCUT2D eigenvalue weighted by Crippen LogP contribution is 2.56. The van der Waals surface area contributed by atoms with Gasteiger partial charge in [0.1, 0.15) is 17.4 Å². The molecule has 7 atom stereocenters. The van der Waals surface area contributed by atoms with Gasteiger partial charge in [0.15, 0.2) is 17.2 Å². The molecule has 4 rings (SSSR count). The average Bonchev–Trinajstić information content (AvgIpc) is 2.68. The number of nitrogens with zero attached hydrogens (tertiary/aromatic N) is 1. The standard InChI is InChI=1S/C22H26N2O8/c1-21(31)8-5-4-6-11(25)12(8)16(26)13-9(21)7-10-15(24(2)3)17(27)14(20(23)30)19(29)22(10,32)18(13)28/h4-6,9-10,14-15,17,25,27-28,31-32H,7H2,1-3H3,(H2,23,30). The number of likely N-dealkylation sites (N-methyl/N-ethyl adjacent to an activating group) is 1. The van der Waals surface area contributed by atoms with Gasteiger partial charge in [-0.25, -0.2) is 0 Å². The summed E-state index contributed by atoms with van der Waals surface area (Å²) in [5, 5.41) is 55.2. The highest BCUT2D eigenvalue weighted by atomic mass is 16.4. The van der Waals surface area contributed by atoms with Crippen LogP contribution < -0.4 is 5.73 Å². The molecule has 0 spiro atoms. The van der Waals surface area contributed by atoms with E-state index in [1.807, 2.05) is 0 Å². The summed E-state index contributed by atoms with van der Waals surface area (Å²) in [6.07, 6.45) is -1.74. The Morgan fingerprint density at radius 2 is 1.81 bits per heavy atom. The van der Waals surface area contributed by atoms with Gasteiger partial charge >= 0.3 is 0 Å². The molecule has 1 aromatic rings. The van der Waals surface area contributed by atoms with E-state index in [0.29, 0.717) is 0 Å². The van der Waals surface area contributed by atoms with Gasteiger partial charge in [-0.1, -0.05) is 12.1 Å². The lowest BCUT2D eigenvalue weighted by Gasteiger charge is -2.55. The van der Waals surface area contributed by atoms with Crippen molar-refractivity contribution in [3.8, 4) is 5.75 Å². The number of fused-ring (bicyclic) bond motifs is 3. The van der Waals surface area contributed by atoms with Crippen LogP contribution >= 0.6 is 0 Å². The third-order valence-electron chi connectivity index (χ3n) is 7.39. The first-order chi connectivity index (χ1) is 14.8. The third-order valence-corrected chi connectivity index (χ3v) is 7.39. The molecule has 1 fully saturated rings. The summed E-state index contributed by atoms with van der Waals surface area (Å²) in [4.78, 5) is 40.0. The maximum Gasteiger partial charge on any atom is 0.230 e. The van der Waals surface area contributed by atoms with Gasteiger partial charge in [0, 0.05) is 23.5 Å². The number of aliphatic hydroxyl groups excluding tert-OH is 2. The minimum absolute atomic E-state index is 0.147. The van der Waals surface area contributed by atoms with Gasteiger partial charge < -0.3 is 36.2 Å². The minimum atomic E-state index is -2.69. The van der Waals surface area contributed by atoms with Gasteiger partial charge in [0.2, 0.25) is 5.91 Å². The van der Waals surface area contributed by atoms with Gasteiger partial charge in [0.25, 0.3) is 0 Å². The van der Waals surface area contributed by atoms with Crippen molar-refractivity contribution in [1.29, 1.82) is 0 Å². The lowest BCUT2D eigenvalue weighted by Crippen LogP contribution is -2.71. The second kappa shape index (κ2) is 6.85. The molecule has 10 heteroatoms. The van der Waals surface area contributed by atoms with Crippen molar-refractivity contribution in [2.75, 3.05) is 14.1 Å². The SMILES string of the molecule is CN(C)C1C(O)C(C(N)=O)C(=O)C2(O)C(O)=C3C(=O)c4c(O)cccc4C(C)(O)C3CC12. The lowest BCUT2D eigenvalue weighted by atomic mass is 9.53.